The first-order chi connectivity index (χ1) is 9.47. The minimum absolute atomic E-state index is 0.299. The van der Waals surface area contributed by atoms with E-state index in [9.17, 15) is 4.79 Å². The van der Waals surface area contributed by atoms with E-state index in [-0.39, 0.29) is 5.97 Å². The topological polar surface area (TPSA) is 52.3 Å². The minimum Gasteiger partial charge on any atom is -0.465 e. The van der Waals surface area contributed by atoms with Crippen molar-refractivity contribution in [3.63, 3.8) is 0 Å². The molecule has 0 saturated carbocycles. The fourth-order valence-electron chi connectivity index (χ4n) is 1.89. The maximum Gasteiger partial charge on any atom is 0.325 e. The van der Waals surface area contributed by atoms with Crippen LogP contribution in [0.15, 0.2) is 29.2 Å². The lowest BCUT2D eigenvalue weighted by Crippen LogP contribution is -2.46. The average Bonchev–Trinajstić information content (AvgIpc) is 2.40. The van der Waals surface area contributed by atoms with Gasteiger partial charge in [0.2, 0.25) is 0 Å². The average molecular weight is 295 g/mol. The molecule has 3 nitrogen and oxygen atoms in total. The van der Waals surface area contributed by atoms with E-state index < -0.39 is 5.54 Å². The zero-order valence-electron chi connectivity index (χ0n) is 12.6. The largest absolute Gasteiger partial charge is 0.465 e. The Hall–Kier alpha value is -1.00. The number of esters is 1. The molecular weight excluding hydrogens is 270 g/mol. The molecule has 0 aliphatic rings. The molecule has 4 heteroatoms. The maximum absolute atomic E-state index is 11.6. The van der Waals surface area contributed by atoms with Gasteiger partial charge in [0.05, 0.1) is 6.61 Å². The van der Waals surface area contributed by atoms with Gasteiger partial charge in [-0.1, -0.05) is 24.6 Å². The van der Waals surface area contributed by atoms with Crippen molar-refractivity contribution in [2.75, 3.05) is 12.4 Å². The summed E-state index contributed by atoms with van der Waals surface area (Å²) in [6, 6.07) is 8.39. The van der Waals surface area contributed by atoms with Gasteiger partial charge >= 0.3 is 5.97 Å². The van der Waals surface area contributed by atoms with Crippen molar-refractivity contribution in [3.05, 3.63) is 29.8 Å². The molecule has 1 unspecified atom stereocenters. The molecule has 0 bridgehead atoms. The molecular formula is C16H25NO2S. The highest BCUT2D eigenvalue weighted by Crippen LogP contribution is 2.23. The van der Waals surface area contributed by atoms with Crippen LogP contribution in [0, 0.1) is 6.92 Å². The second-order valence-electron chi connectivity index (χ2n) is 5.21. The minimum atomic E-state index is -0.858. The van der Waals surface area contributed by atoms with Crippen LogP contribution in [0.4, 0.5) is 0 Å². The van der Waals surface area contributed by atoms with Crippen LogP contribution in [0.2, 0.25) is 0 Å². The molecule has 0 spiro atoms. The van der Waals surface area contributed by atoms with E-state index in [2.05, 4.69) is 31.2 Å². The van der Waals surface area contributed by atoms with Crippen molar-refractivity contribution in [1.29, 1.82) is 0 Å². The number of unbranched alkanes of at least 4 members (excludes halogenated alkanes) is 1. The zero-order valence-corrected chi connectivity index (χ0v) is 13.5. The summed E-state index contributed by atoms with van der Waals surface area (Å²) in [4.78, 5) is 13.0. The second kappa shape index (κ2) is 8.32. The quantitative estimate of drug-likeness (QED) is 0.453. The Labute approximate surface area is 126 Å². The number of carbonyl (C=O) groups is 1. The van der Waals surface area contributed by atoms with Crippen molar-refractivity contribution in [2.24, 2.45) is 5.73 Å². The van der Waals surface area contributed by atoms with Crippen molar-refractivity contribution in [1.82, 2.24) is 0 Å². The number of rotatable bonds is 8. The third-order valence-electron chi connectivity index (χ3n) is 3.18. The summed E-state index contributed by atoms with van der Waals surface area (Å²) >= 11 is 1.86. The fourth-order valence-corrected chi connectivity index (χ4v) is 2.93. The van der Waals surface area contributed by atoms with Crippen LogP contribution in [0.5, 0.6) is 0 Å². The normalized spacial score (nSPS) is 13.8. The summed E-state index contributed by atoms with van der Waals surface area (Å²) in [5, 5.41) is 0. The number of ether oxygens (including phenoxy) is 1. The number of thioether (sulfide) groups is 1. The van der Waals surface area contributed by atoms with Crippen molar-refractivity contribution in [3.8, 4) is 0 Å². The highest BCUT2D eigenvalue weighted by molar-refractivity contribution is 7.99. The number of hydrogen-bond donors (Lipinski definition) is 1. The number of nitrogens with two attached hydrogens (primary N) is 1. The van der Waals surface area contributed by atoms with Crippen LogP contribution < -0.4 is 5.73 Å². The summed E-state index contributed by atoms with van der Waals surface area (Å²) in [5.41, 5.74) is 6.44. The molecule has 0 heterocycles. The van der Waals surface area contributed by atoms with Gasteiger partial charge in [-0.25, -0.2) is 0 Å². The molecule has 112 valence electrons. The van der Waals surface area contributed by atoms with Gasteiger partial charge in [0.25, 0.3) is 0 Å². The first kappa shape index (κ1) is 17.1. The summed E-state index contributed by atoms with van der Waals surface area (Å²) in [6.45, 7) is 6.06. The molecule has 1 aromatic carbocycles. The number of aryl methyl sites for hydroxylation is 1. The Morgan fingerprint density at radius 1 is 1.35 bits per heavy atom. The summed E-state index contributed by atoms with van der Waals surface area (Å²) in [5.74, 6) is 0.746. The van der Waals surface area contributed by atoms with Gasteiger partial charge in [0.1, 0.15) is 5.54 Å². The highest BCUT2D eigenvalue weighted by atomic mass is 32.2. The SMILES string of the molecule is CCOC(=O)C(C)(N)CCCCSc1ccccc1C. The van der Waals surface area contributed by atoms with Crippen LogP contribution >= 0.6 is 11.8 Å². The highest BCUT2D eigenvalue weighted by Gasteiger charge is 2.28. The predicted molar refractivity (Wildman–Crippen MR) is 85.0 cm³/mol. The lowest BCUT2D eigenvalue weighted by molar-refractivity contribution is -0.149. The third kappa shape index (κ3) is 5.55. The van der Waals surface area contributed by atoms with Crippen LogP contribution in [0.25, 0.3) is 0 Å². The summed E-state index contributed by atoms with van der Waals surface area (Å²) in [6.07, 6.45) is 2.65. The predicted octanol–water partition coefficient (Wildman–Crippen LogP) is 3.54. The standard InChI is InChI=1S/C16H25NO2S/c1-4-19-15(18)16(3,17)11-7-8-12-20-14-10-6-5-9-13(14)2/h5-6,9-10H,4,7-8,11-12,17H2,1-3H3. The molecule has 0 aliphatic carbocycles. The van der Waals surface area contributed by atoms with Crippen LogP contribution in [0.3, 0.4) is 0 Å². The molecule has 0 aromatic heterocycles. The summed E-state index contributed by atoms with van der Waals surface area (Å²) < 4.78 is 4.98. The summed E-state index contributed by atoms with van der Waals surface area (Å²) in [7, 11) is 0. The smallest absolute Gasteiger partial charge is 0.325 e. The van der Waals surface area contributed by atoms with E-state index in [4.69, 9.17) is 10.5 Å². The number of benzene rings is 1. The van der Waals surface area contributed by atoms with E-state index in [1.54, 1.807) is 13.8 Å². The first-order valence-electron chi connectivity index (χ1n) is 7.12. The molecule has 2 N–H and O–H groups in total. The van der Waals surface area contributed by atoms with Gasteiger partial charge in [-0.3, -0.25) is 4.79 Å². The van der Waals surface area contributed by atoms with Crippen molar-refractivity contribution < 1.29 is 9.53 Å². The van der Waals surface area contributed by atoms with E-state index in [0.29, 0.717) is 13.0 Å². The van der Waals surface area contributed by atoms with Gasteiger partial charge in [0, 0.05) is 4.90 Å². The van der Waals surface area contributed by atoms with Crippen LogP contribution in [-0.4, -0.2) is 23.9 Å². The van der Waals surface area contributed by atoms with E-state index >= 15 is 0 Å². The Morgan fingerprint density at radius 3 is 2.70 bits per heavy atom. The number of hydrogen-bond acceptors (Lipinski definition) is 4. The zero-order chi connectivity index (χ0) is 15.0. The van der Waals surface area contributed by atoms with E-state index in [1.165, 1.54) is 10.5 Å². The molecule has 1 atom stereocenters. The lowest BCUT2D eigenvalue weighted by Gasteiger charge is -2.21. The molecule has 0 aliphatic heterocycles. The molecule has 0 saturated heterocycles. The first-order valence-corrected chi connectivity index (χ1v) is 8.10. The lowest BCUT2D eigenvalue weighted by atomic mass is 9.96. The third-order valence-corrected chi connectivity index (χ3v) is 4.45. The monoisotopic (exact) mass is 295 g/mol. The molecule has 20 heavy (non-hydrogen) atoms. The van der Waals surface area contributed by atoms with Gasteiger partial charge < -0.3 is 10.5 Å². The molecule has 0 amide bonds. The Morgan fingerprint density at radius 2 is 2.05 bits per heavy atom. The van der Waals surface area contributed by atoms with Gasteiger partial charge in [0.15, 0.2) is 0 Å². The molecule has 0 radical (unpaired) electrons. The van der Waals surface area contributed by atoms with Crippen molar-refractivity contribution >= 4 is 17.7 Å². The van der Waals surface area contributed by atoms with Gasteiger partial charge in [-0.05, 0) is 51.0 Å². The Kier molecular flexibility index (Phi) is 7.10. The Balaban J connectivity index is 2.25. The van der Waals surface area contributed by atoms with Crippen LogP contribution in [0.1, 0.15) is 38.7 Å². The van der Waals surface area contributed by atoms with Crippen LogP contribution in [-0.2, 0) is 9.53 Å². The molecule has 1 rings (SSSR count). The number of carbonyl (C=O) groups excluding carboxylic acids is 1. The Bertz CT molecular complexity index is 432. The van der Waals surface area contributed by atoms with E-state index in [1.807, 2.05) is 11.8 Å². The van der Waals surface area contributed by atoms with Crippen molar-refractivity contribution in [2.45, 2.75) is 50.5 Å². The molecule has 1 aromatic rings. The fraction of sp³-hybridized carbons (Fsp3) is 0.562. The van der Waals surface area contributed by atoms with E-state index in [0.717, 1.165) is 18.6 Å². The van der Waals surface area contributed by atoms with Gasteiger partial charge in [-0.2, -0.15) is 0 Å². The molecule has 0 fully saturated rings. The second-order valence-corrected chi connectivity index (χ2v) is 6.35. The van der Waals surface area contributed by atoms with Gasteiger partial charge in [-0.15, -0.1) is 11.8 Å². The maximum atomic E-state index is 11.6.